The molecule has 0 atom stereocenters. The molecular formula is C20H23F3N6O4. The van der Waals surface area contributed by atoms with Crippen LogP contribution in [0.1, 0.15) is 17.7 Å². The van der Waals surface area contributed by atoms with Crippen molar-refractivity contribution in [2.24, 2.45) is 0 Å². The minimum atomic E-state index is -4.55. The fraction of sp³-hybridized carbons (Fsp3) is 0.500. The van der Waals surface area contributed by atoms with Crippen LogP contribution in [0, 0.1) is 6.92 Å². The van der Waals surface area contributed by atoms with Crippen LogP contribution in [0.15, 0.2) is 27.9 Å². The second-order valence-corrected chi connectivity index (χ2v) is 7.71. The first-order valence-electron chi connectivity index (χ1n) is 10.4. The molecule has 1 N–H and O–H groups in total. The van der Waals surface area contributed by atoms with Crippen molar-refractivity contribution in [3.63, 3.8) is 0 Å². The number of amides is 1. The Bertz CT molecular complexity index is 1180. The van der Waals surface area contributed by atoms with Gasteiger partial charge in [0.25, 0.3) is 11.6 Å². The van der Waals surface area contributed by atoms with E-state index in [0.29, 0.717) is 51.0 Å². The number of aromatic nitrogens is 4. The quantitative estimate of drug-likeness (QED) is 0.527. The number of ether oxygens (including phenoxy) is 1. The molecule has 3 aromatic heterocycles. The lowest BCUT2D eigenvalue weighted by Gasteiger charge is -2.33. The summed E-state index contributed by atoms with van der Waals surface area (Å²) in [5, 5.41) is 6.84. The topological polar surface area (TPSA) is 109 Å². The van der Waals surface area contributed by atoms with E-state index in [2.05, 4.69) is 15.2 Å². The number of piperazine rings is 1. The van der Waals surface area contributed by atoms with Gasteiger partial charge in [-0.25, -0.2) is 5.10 Å². The summed E-state index contributed by atoms with van der Waals surface area (Å²) < 4.78 is 50.4. The van der Waals surface area contributed by atoms with Gasteiger partial charge in [-0.2, -0.15) is 23.3 Å². The lowest BCUT2D eigenvalue weighted by Crippen LogP contribution is -2.49. The summed E-state index contributed by atoms with van der Waals surface area (Å²) in [6, 6.07) is -0.0947. The van der Waals surface area contributed by atoms with Crippen molar-refractivity contribution in [2.75, 3.05) is 44.3 Å². The molecule has 0 saturated carbocycles. The van der Waals surface area contributed by atoms with Gasteiger partial charge in [-0.1, -0.05) is 0 Å². The average Bonchev–Trinajstić information content (AvgIpc) is 3.40. The van der Waals surface area contributed by atoms with E-state index in [1.165, 1.54) is 0 Å². The van der Waals surface area contributed by atoms with Crippen molar-refractivity contribution < 1.29 is 27.1 Å². The second kappa shape index (κ2) is 9.25. The first-order chi connectivity index (χ1) is 15.7. The van der Waals surface area contributed by atoms with E-state index < -0.39 is 11.9 Å². The van der Waals surface area contributed by atoms with Gasteiger partial charge in [0.1, 0.15) is 6.26 Å². The van der Waals surface area contributed by atoms with Gasteiger partial charge in [0.2, 0.25) is 5.91 Å². The number of hydrogen-bond donors (Lipinski definition) is 1. The molecule has 0 spiro atoms. The summed E-state index contributed by atoms with van der Waals surface area (Å²) >= 11 is 0. The Labute approximate surface area is 185 Å². The van der Waals surface area contributed by atoms with Gasteiger partial charge in [0.15, 0.2) is 5.69 Å². The number of aromatic amines is 1. The van der Waals surface area contributed by atoms with E-state index >= 15 is 0 Å². The number of carbonyl (C=O) groups is 1. The number of halogens is 3. The first kappa shape index (κ1) is 22.8. The van der Waals surface area contributed by atoms with Crippen molar-refractivity contribution in [1.82, 2.24) is 24.6 Å². The molecule has 13 heteroatoms. The van der Waals surface area contributed by atoms with Gasteiger partial charge >= 0.3 is 6.18 Å². The van der Waals surface area contributed by atoms with Crippen molar-refractivity contribution in [3.8, 4) is 0 Å². The molecule has 0 aliphatic carbocycles. The maximum atomic E-state index is 12.7. The Morgan fingerprint density at radius 1 is 1.24 bits per heavy atom. The standard InChI is InChI=1S/C20H23F3N6O4/c1-13-11-29(14-10-24-26-18(31)17(13)14)7-9-32-8-2-16(30)27-3-5-28(6-4-27)19-25-15(12-33-19)20(21,22)23/h10-12H,2-9H2,1H3,(H,26,31). The Kier molecular flexibility index (Phi) is 6.40. The van der Waals surface area contributed by atoms with Crippen LogP contribution in [0.2, 0.25) is 0 Å². The number of rotatable bonds is 7. The molecule has 1 fully saturated rings. The van der Waals surface area contributed by atoms with E-state index in [4.69, 9.17) is 9.15 Å². The van der Waals surface area contributed by atoms with E-state index in [1.54, 1.807) is 16.0 Å². The van der Waals surface area contributed by atoms with Crippen LogP contribution >= 0.6 is 0 Å². The number of oxazole rings is 1. The maximum absolute atomic E-state index is 12.7. The summed E-state index contributed by atoms with van der Waals surface area (Å²) in [5.74, 6) is -0.0870. The normalized spacial score (nSPS) is 14.9. The number of alkyl halides is 3. The van der Waals surface area contributed by atoms with Crippen molar-refractivity contribution in [2.45, 2.75) is 26.1 Å². The summed E-state index contributed by atoms with van der Waals surface area (Å²) in [6.45, 7) is 4.35. The molecular weight excluding hydrogens is 445 g/mol. The largest absolute Gasteiger partial charge is 0.436 e. The van der Waals surface area contributed by atoms with Crippen LogP contribution in [0.4, 0.5) is 19.2 Å². The van der Waals surface area contributed by atoms with Crippen LogP contribution in [-0.4, -0.2) is 69.9 Å². The Morgan fingerprint density at radius 2 is 2.00 bits per heavy atom. The average molecular weight is 468 g/mol. The zero-order valence-electron chi connectivity index (χ0n) is 17.9. The summed E-state index contributed by atoms with van der Waals surface area (Å²) in [4.78, 5) is 31.0. The molecule has 1 aliphatic heterocycles. The summed E-state index contributed by atoms with van der Waals surface area (Å²) in [6.07, 6.45) is -0.308. The molecule has 1 saturated heterocycles. The van der Waals surface area contributed by atoms with Crippen LogP contribution in [-0.2, 0) is 22.3 Å². The zero-order chi connectivity index (χ0) is 23.6. The molecule has 178 valence electrons. The highest BCUT2D eigenvalue weighted by Crippen LogP contribution is 2.30. The maximum Gasteiger partial charge on any atom is 0.436 e. The lowest BCUT2D eigenvalue weighted by atomic mass is 10.2. The van der Waals surface area contributed by atoms with Gasteiger partial charge in [0, 0.05) is 38.9 Å². The third kappa shape index (κ3) is 5.02. The highest BCUT2D eigenvalue weighted by molar-refractivity contribution is 5.81. The molecule has 4 heterocycles. The van der Waals surface area contributed by atoms with Crippen molar-refractivity contribution in [3.05, 3.63) is 40.3 Å². The smallest absolute Gasteiger partial charge is 0.431 e. The molecule has 0 bridgehead atoms. The third-order valence-electron chi connectivity index (χ3n) is 5.51. The number of carbonyl (C=O) groups excluding carboxylic acids is 1. The molecule has 1 amide bonds. The molecule has 1 aliphatic rings. The number of fused-ring (bicyclic) bond motifs is 1. The molecule has 3 aromatic rings. The number of nitrogens with one attached hydrogen (secondary N) is 1. The molecule has 0 radical (unpaired) electrons. The van der Waals surface area contributed by atoms with Gasteiger partial charge in [-0.15, -0.1) is 0 Å². The number of H-pyrrole nitrogens is 1. The van der Waals surface area contributed by atoms with Crippen LogP contribution in [0.5, 0.6) is 0 Å². The van der Waals surface area contributed by atoms with Gasteiger partial charge < -0.3 is 23.5 Å². The highest BCUT2D eigenvalue weighted by Gasteiger charge is 2.36. The van der Waals surface area contributed by atoms with Gasteiger partial charge in [-0.05, 0) is 12.5 Å². The van der Waals surface area contributed by atoms with E-state index in [1.807, 2.05) is 17.7 Å². The van der Waals surface area contributed by atoms with E-state index in [9.17, 15) is 22.8 Å². The minimum absolute atomic E-state index is 0.0870. The number of nitrogens with zero attached hydrogens (tertiary/aromatic N) is 5. The SMILES string of the molecule is Cc1cn(CCOCCC(=O)N2CCN(c3nc(C(F)(F)F)co3)CC2)c2cn[nH]c(=O)c12. The second-order valence-electron chi connectivity index (χ2n) is 7.71. The lowest BCUT2D eigenvalue weighted by molar-refractivity contribution is -0.141. The molecule has 4 rings (SSSR count). The van der Waals surface area contributed by atoms with E-state index in [-0.39, 0.29) is 30.5 Å². The van der Waals surface area contributed by atoms with Gasteiger partial charge in [-0.3, -0.25) is 9.59 Å². The molecule has 0 unspecified atom stereocenters. The minimum Gasteiger partial charge on any atom is -0.431 e. The number of anilines is 1. The Hall–Kier alpha value is -3.35. The predicted molar refractivity (Wildman–Crippen MR) is 111 cm³/mol. The van der Waals surface area contributed by atoms with Crippen molar-refractivity contribution in [1.29, 1.82) is 0 Å². The van der Waals surface area contributed by atoms with Crippen LogP contribution in [0.3, 0.4) is 0 Å². The Balaban J connectivity index is 1.19. The Morgan fingerprint density at radius 3 is 2.70 bits per heavy atom. The summed E-state index contributed by atoms with van der Waals surface area (Å²) in [5.41, 5.74) is 0.266. The highest BCUT2D eigenvalue weighted by atomic mass is 19.4. The van der Waals surface area contributed by atoms with Crippen LogP contribution in [0.25, 0.3) is 10.9 Å². The number of hydrogen-bond acceptors (Lipinski definition) is 7. The first-order valence-corrected chi connectivity index (χ1v) is 10.4. The zero-order valence-corrected chi connectivity index (χ0v) is 17.9. The van der Waals surface area contributed by atoms with Crippen molar-refractivity contribution >= 4 is 22.8 Å². The van der Waals surface area contributed by atoms with Crippen LogP contribution < -0.4 is 10.5 Å². The summed E-state index contributed by atoms with van der Waals surface area (Å²) in [7, 11) is 0. The monoisotopic (exact) mass is 468 g/mol. The predicted octanol–water partition coefficient (Wildman–Crippen LogP) is 1.80. The van der Waals surface area contributed by atoms with E-state index in [0.717, 1.165) is 11.1 Å². The molecule has 10 nitrogen and oxygen atoms in total. The molecule has 0 aromatic carbocycles. The molecule has 33 heavy (non-hydrogen) atoms. The van der Waals surface area contributed by atoms with Gasteiger partial charge in [0.05, 0.1) is 36.7 Å². The number of aryl methyl sites for hydroxylation is 1. The fourth-order valence-corrected chi connectivity index (χ4v) is 3.81. The third-order valence-corrected chi connectivity index (χ3v) is 5.51. The fourth-order valence-electron chi connectivity index (χ4n) is 3.81.